The second kappa shape index (κ2) is 5.33. The van der Waals surface area contributed by atoms with Crippen molar-refractivity contribution in [2.75, 3.05) is 0 Å². The fourth-order valence-corrected chi connectivity index (χ4v) is 3.41. The van der Waals surface area contributed by atoms with E-state index in [1.165, 1.54) is 0 Å². The van der Waals surface area contributed by atoms with E-state index in [1.54, 1.807) is 10.9 Å². The first kappa shape index (κ1) is 15.5. The zero-order valence-corrected chi connectivity index (χ0v) is 15.1. The molecule has 0 saturated carbocycles. The lowest BCUT2D eigenvalue weighted by molar-refractivity contribution is 0.0993. The molecule has 0 aliphatic heterocycles. The molecule has 22 heavy (non-hydrogen) atoms. The lowest BCUT2D eigenvalue weighted by atomic mass is 9.69. The monoisotopic (exact) mass is 410 g/mol. The Morgan fingerprint density at radius 1 is 1.50 bits per heavy atom. The molecular formula is C16H19IN4O. The van der Waals surface area contributed by atoms with Crippen LogP contribution in [0.1, 0.15) is 42.5 Å². The Bertz CT molecular complexity index is 751. The van der Waals surface area contributed by atoms with Crippen molar-refractivity contribution in [1.82, 2.24) is 14.8 Å². The van der Waals surface area contributed by atoms with Gasteiger partial charge in [-0.3, -0.25) is 4.79 Å². The van der Waals surface area contributed by atoms with Gasteiger partial charge in [0, 0.05) is 15.3 Å². The molecule has 0 spiro atoms. The number of nitrogens with two attached hydrogens (primary N) is 1. The van der Waals surface area contributed by atoms with Crippen molar-refractivity contribution >= 4 is 28.5 Å². The first-order chi connectivity index (χ1) is 10.3. The number of pyridine rings is 1. The van der Waals surface area contributed by atoms with Crippen LogP contribution in [0.3, 0.4) is 0 Å². The van der Waals surface area contributed by atoms with Gasteiger partial charge >= 0.3 is 0 Å². The summed E-state index contributed by atoms with van der Waals surface area (Å²) in [5, 5.41) is 4.48. The number of aromatic nitrogens is 3. The van der Waals surface area contributed by atoms with E-state index in [1.807, 2.05) is 12.1 Å². The third-order valence-electron chi connectivity index (χ3n) is 4.72. The second-order valence-electron chi connectivity index (χ2n) is 6.65. The van der Waals surface area contributed by atoms with Crippen molar-refractivity contribution < 1.29 is 4.79 Å². The molecule has 0 fully saturated rings. The summed E-state index contributed by atoms with van der Waals surface area (Å²) in [6, 6.07) is 3.89. The molecule has 0 unspecified atom stereocenters. The molecule has 2 aromatic rings. The van der Waals surface area contributed by atoms with E-state index in [4.69, 9.17) is 5.73 Å². The van der Waals surface area contributed by atoms with Gasteiger partial charge in [-0.25, -0.2) is 9.67 Å². The SMILES string of the molecule is C[C@H]1Cc2c(C(N)=O)nn(-c3cc(I)ccn3)c2CC1(C)C. The van der Waals surface area contributed by atoms with Crippen molar-refractivity contribution in [2.24, 2.45) is 17.1 Å². The lowest BCUT2D eigenvalue weighted by Crippen LogP contribution is -2.32. The molecule has 2 aromatic heterocycles. The van der Waals surface area contributed by atoms with Crippen LogP contribution in [-0.4, -0.2) is 20.7 Å². The molecular weight excluding hydrogens is 391 g/mol. The number of primary amides is 1. The molecule has 0 bridgehead atoms. The lowest BCUT2D eigenvalue weighted by Gasteiger charge is -2.36. The first-order valence-corrected chi connectivity index (χ1v) is 8.40. The van der Waals surface area contributed by atoms with Crippen LogP contribution in [0.15, 0.2) is 18.3 Å². The number of carbonyl (C=O) groups is 1. The summed E-state index contributed by atoms with van der Waals surface area (Å²) < 4.78 is 2.88. The Morgan fingerprint density at radius 3 is 2.86 bits per heavy atom. The van der Waals surface area contributed by atoms with Crippen molar-refractivity contribution in [1.29, 1.82) is 0 Å². The van der Waals surface area contributed by atoms with E-state index < -0.39 is 5.91 Å². The van der Waals surface area contributed by atoms with Gasteiger partial charge in [-0.15, -0.1) is 0 Å². The van der Waals surface area contributed by atoms with E-state index in [9.17, 15) is 4.79 Å². The molecule has 116 valence electrons. The summed E-state index contributed by atoms with van der Waals surface area (Å²) in [4.78, 5) is 16.2. The molecule has 1 amide bonds. The zero-order chi connectivity index (χ0) is 16.1. The Balaban J connectivity index is 2.21. The predicted octanol–water partition coefficient (Wildman–Crippen LogP) is 2.73. The summed E-state index contributed by atoms with van der Waals surface area (Å²) >= 11 is 2.25. The average molecular weight is 410 g/mol. The summed E-state index contributed by atoms with van der Waals surface area (Å²) in [5.74, 6) is 0.744. The maximum atomic E-state index is 11.8. The Morgan fingerprint density at radius 2 is 2.23 bits per heavy atom. The van der Waals surface area contributed by atoms with Gasteiger partial charge in [-0.2, -0.15) is 5.10 Å². The van der Waals surface area contributed by atoms with Gasteiger partial charge in [-0.1, -0.05) is 20.8 Å². The standard InChI is InChI=1S/C16H19IN4O/c1-9-6-11-12(8-16(9,2)3)21(20-14(11)15(18)22)13-7-10(17)4-5-19-13/h4-5,7,9H,6,8H2,1-3H3,(H2,18,22)/t9-/m0/s1. The molecule has 1 aliphatic rings. The molecule has 3 rings (SSSR count). The molecule has 0 saturated heterocycles. The Hall–Kier alpha value is -1.44. The largest absolute Gasteiger partial charge is 0.364 e. The van der Waals surface area contributed by atoms with E-state index >= 15 is 0 Å². The van der Waals surface area contributed by atoms with Crippen LogP contribution in [0.5, 0.6) is 0 Å². The summed E-state index contributed by atoms with van der Waals surface area (Å²) in [6.07, 6.45) is 3.44. The third-order valence-corrected chi connectivity index (χ3v) is 5.39. The molecule has 0 aromatic carbocycles. The molecule has 2 N–H and O–H groups in total. The van der Waals surface area contributed by atoms with Crippen molar-refractivity contribution in [2.45, 2.75) is 33.6 Å². The van der Waals surface area contributed by atoms with Crippen LogP contribution >= 0.6 is 22.6 Å². The Kier molecular flexibility index (Phi) is 3.74. The highest BCUT2D eigenvalue weighted by molar-refractivity contribution is 14.1. The number of fused-ring (bicyclic) bond motifs is 1. The number of nitrogens with zero attached hydrogens (tertiary/aromatic N) is 3. The number of amides is 1. The number of hydrogen-bond acceptors (Lipinski definition) is 3. The minimum Gasteiger partial charge on any atom is -0.364 e. The minimum absolute atomic E-state index is 0.154. The van der Waals surface area contributed by atoms with Crippen molar-refractivity contribution in [3.8, 4) is 5.82 Å². The highest BCUT2D eigenvalue weighted by atomic mass is 127. The van der Waals surface area contributed by atoms with Gasteiger partial charge in [0.2, 0.25) is 0 Å². The topological polar surface area (TPSA) is 73.8 Å². The highest BCUT2D eigenvalue weighted by Crippen LogP contribution is 2.40. The quantitative estimate of drug-likeness (QED) is 0.774. The van der Waals surface area contributed by atoms with Gasteiger partial charge in [0.25, 0.3) is 5.91 Å². The van der Waals surface area contributed by atoms with Crippen LogP contribution in [0, 0.1) is 14.9 Å². The molecule has 2 heterocycles. The molecule has 0 radical (unpaired) electrons. The van der Waals surface area contributed by atoms with Crippen LogP contribution in [-0.2, 0) is 12.8 Å². The van der Waals surface area contributed by atoms with E-state index in [0.717, 1.165) is 33.5 Å². The van der Waals surface area contributed by atoms with Gasteiger partial charge < -0.3 is 5.73 Å². The minimum atomic E-state index is -0.465. The molecule has 1 aliphatic carbocycles. The molecule has 6 heteroatoms. The normalized spacial score (nSPS) is 19.7. The van der Waals surface area contributed by atoms with Crippen LogP contribution in [0.2, 0.25) is 0 Å². The number of halogens is 1. The van der Waals surface area contributed by atoms with Gasteiger partial charge in [-0.05, 0) is 58.9 Å². The van der Waals surface area contributed by atoms with Gasteiger partial charge in [0.1, 0.15) is 0 Å². The van der Waals surface area contributed by atoms with Crippen LogP contribution < -0.4 is 5.73 Å². The first-order valence-electron chi connectivity index (χ1n) is 7.32. The number of rotatable bonds is 2. The maximum Gasteiger partial charge on any atom is 0.269 e. The molecule has 1 atom stereocenters. The van der Waals surface area contributed by atoms with Crippen LogP contribution in [0.4, 0.5) is 0 Å². The van der Waals surface area contributed by atoms with Crippen molar-refractivity contribution in [3.05, 3.63) is 38.9 Å². The van der Waals surface area contributed by atoms with Gasteiger partial charge in [0.15, 0.2) is 11.5 Å². The summed E-state index contributed by atoms with van der Waals surface area (Å²) in [5.41, 5.74) is 8.12. The molecule has 5 nitrogen and oxygen atoms in total. The fourth-order valence-electron chi connectivity index (χ4n) is 2.97. The number of hydrogen-bond donors (Lipinski definition) is 1. The highest BCUT2D eigenvalue weighted by Gasteiger charge is 2.37. The van der Waals surface area contributed by atoms with Gasteiger partial charge in [0.05, 0.1) is 5.69 Å². The predicted molar refractivity (Wildman–Crippen MR) is 92.9 cm³/mol. The number of carbonyl (C=O) groups excluding carboxylic acids is 1. The van der Waals surface area contributed by atoms with E-state index in [0.29, 0.717) is 11.6 Å². The summed E-state index contributed by atoms with van der Waals surface area (Å²) in [6.45, 7) is 6.73. The van der Waals surface area contributed by atoms with Crippen molar-refractivity contribution in [3.63, 3.8) is 0 Å². The Labute approximate surface area is 143 Å². The van der Waals surface area contributed by atoms with E-state index in [2.05, 4.69) is 53.4 Å². The summed E-state index contributed by atoms with van der Waals surface area (Å²) in [7, 11) is 0. The average Bonchev–Trinajstić information content (AvgIpc) is 2.77. The fraction of sp³-hybridized carbons (Fsp3) is 0.438. The third kappa shape index (κ3) is 2.53. The zero-order valence-electron chi connectivity index (χ0n) is 12.9. The van der Waals surface area contributed by atoms with Crippen LogP contribution in [0.25, 0.3) is 5.82 Å². The smallest absolute Gasteiger partial charge is 0.269 e. The van der Waals surface area contributed by atoms with E-state index in [-0.39, 0.29) is 5.41 Å². The second-order valence-corrected chi connectivity index (χ2v) is 7.90. The maximum absolute atomic E-state index is 11.8.